The van der Waals surface area contributed by atoms with E-state index in [1.165, 1.54) is 0 Å². The van der Waals surface area contributed by atoms with Gasteiger partial charge >= 0.3 is 0 Å². The maximum Gasteiger partial charge on any atom is 0.119 e. The van der Waals surface area contributed by atoms with Crippen LogP contribution in [0.3, 0.4) is 0 Å². The summed E-state index contributed by atoms with van der Waals surface area (Å²) in [5.41, 5.74) is 0.812. The van der Waals surface area contributed by atoms with Gasteiger partial charge in [-0.25, -0.2) is 0 Å². The third kappa shape index (κ3) is 5.16. The van der Waals surface area contributed by atoms with Crippen LogP contribution < -0.4 is 10.1 Å². The van der Waals surface area contributed by atoms with E-state index >= 15 is 0 Å². The van der Waals surface area contributed by atoms with Crippen molar-refractivity contribution in [1.29, 1.82) is 0 Å². The molecule has 1 aromatic carbocycles. The molecule has 0 radical (unpaired) electrons. The van der Waals surface area contributed by atoms with Crippen molar-refractivity contribution in [3.05, 3.63) is 29.8 Å². The van der Waals surface area contributed by atoms with Crippen LogP contribution >= 0.6 is 0 Å². The molecule has 0 aliphatic heterocycles. The quantitative estimate of drug-likeness (QED) is 0.779. The van der Waals surface area contributed by atoms with Gasteiger partial charge in [0, 0.05) is 35.4 Å². The van der Waals surface area contributed by atoms with Gasteiger partial charge in [-0.05, 0) is 24.6 Å². The van der Waals surface area contributed by atoms with Gasteiger partial charge in [0.1, 0.15) is 5.75 Å². The number of rotatable bonds is 7. The van der Waals surface area contributed by atoms with E-state index < -0.39 is 16.9 Å². The maximum atomic E-state index is 11.0. The van der Waals surface area contributed by atoms with Gasteiger partial charge in [0.2, 0.25) is 0 Å². The maximum absolute atomic E-state index is 11.0. The Hall–Kier alpha value is -0.910. The molecule has 3 atom stereocenters. The van der Waals surface area contributed by atoms with Gasteiger partial charge in [-0.1, -0.05) is 12.1 Å². The van der Waals surface area contributed by atoms with Crippen LogP contribution in [0.15, 0.2) is 24.3 Å². The zero-order chi connectivity index (χ0) is 13.5. The molecule has 0 spiro atoms. The summed E-state index contributed by atoms with van der Waals surface area (Å²) in [6, 6.07) is 7.48. The highest BCUT2D eigenvalue weighted by molar-refractivity contribution is 7.84. The van der Waals surface area contributed by atoms with Crippen LogP contribution in [0.5, 0.6) is 5.75 Å². The van der Waals surface area contributed by atoms with Gasteiger partial charge in [-0.2, -0.15) is 0 Å². The molecule has 0 heterocycles. The fourth-order valence-corrected chi connectivity index (χ4v) is 2.51. The molecule has 1 rings (SSSR count). The summed E-state index contributed by atoms with van der Waals surface area (Å²) in [6.45, 7) is 2.39. The molecule has 0 aliphatic rings. The zero-order valence-electron chi connectivity index (χ0n) is 11.1. The van der Waals surface area contributed by atoms with Crippen LogP contribution in [0.2, 0.25) is 0 Å². The van der Waals surface area contributed by atoms with Gasteiger partial charge < -0.3 is 15.2 Å². The van der Waals surface area contributed by atoms with Crippen LogP contribution in [0.25, 0.3) is 0 Å². The predicted molar refractivity (Wildman–Crippen MR) is 74.4 cm³/mol. The van der Waals surface area contributed by atoms with Gasteiger partial charge in [-0.3, -0.25) is 4.21 Å². The summed E-state index contributed by atoms with van der Waals surface area (Å²) in [5, 5.41) is 13.2. The van der Waals surface area contributed by atoms with Crippen molar-refractivity contribution < 1.29 is 14.1 Å². The number of ether oxygens (including phenoxy) is 1. The molecule has 3 unspecified atom stereocenters. The SMILES string of the molecule is COc1cccc(C(O)CNC(C)CS(C)=O)c1. The molecule has 0 amide bonds. The first-order valence-electron chi connectivity index (χ1n) is 5.88. The standard InChI is InChI=1S/C13H21NO3S/c1-10(9-18(3)16)14-8-13(15)11-5-4-6-12(7-11)17-2/h4-7,10,13-15H,8-9H2,1-3H3. The lowest BCUT2D eigenvalue weighted by Gasteiger charge is -2.17. The minimum atomic E-state index is -0.824. The van der Waals surface area contributed by atoms with E-state index in [1.807, 2.05) is 31.2 Å². The van der Waals surface area contributed by atoms with Crippen LogP contribution in [0, 0.1) is 0 Å². The Kier molecular flexibility index (Phi) is 6.32. The fourth-order valence-electron chi connectivity index (χ4n) is 1.69. The smallest absolute Gasteiger partial charge is 0.119 e. The Bertz CT molecular complexity index is 398. The molecule has 102 valence electrons. The van der Waals surface area contributed by atoms with Crippen molar-refractivity contribution in [3.8, 4) is 5.75 Å². The molecular formula is C13H21NO3S. The lowest BCUT2D eigenvalue weighted by Crippen LogP contribution is -2.34. The van der Waals surface area contributed by atoms with E-state index in [0.717, 1.165) is 11.3 Å². The summed E-state index contributed by atoms with van der Waals surface area (Å²) in [5.74, 6) is 1.32. The van der Waals surface area contributed by atoms with Crippen LogP contribution in [0.1, 0.15) is 18.6 Å². The Morgan fingerprint density at radius 2 is 2.22 bits per heavy atom. The van der Waals surface area contributed by atoms with E-state index in [9.17, 15) is 9.32 Å². The molecule has 0 aromatic heterocycles. The fraction of sp³-hybridized carbons (Fsp3) is 0.538. The van der Waals surface area contributed by atoms with Gasteiger partial charge in [0.25, 0.3) is 0 Å². The third-order valence-electron chi connectivity index (χ3n) is 2.62. The first-order valence-corrected chi connectivity index (χ1v) is 7.61. The predicted octanol–water partition coefficient (Wildman–Crippen LogP) is 1.09. The van der Waals surface area contributed by atoms with Crippen molar-refractivity contribution in [1.82, 2.24) is 5.32 Å². The normalized spacial score (nSPS) is 16.0. The second-order valence-electron chi connectivity index (χ2n) is 4.34. The highest BCUT2D eigenvalue weighted by Crippen LogP contribution is 2.18. The second-order valence-corrected chi connectivity index (χ2v) is 5.82. The summed E-state index contributed by atoms with van der Waals surface area (Å²) < 4.78 is 16.2. The number of benzene rings is 1. The Labute approximate surface area is 111 Å². The summed E-state index contributed by atoms with van der Waals surface area (Å²) in [7, 11) is 0.776. The molecule has 18 heavy (non-hydrogen) atoms. The lowest BCUT2D eigenvalue weighted by atomic mass is 10.1. The Morgan fingerprint density at radius 3 is 2.83 bits per heavy atom. The second kappa shape index (κ2) is 7.51. The van der Waals surface area contributed by atoms with Crippen molar-refractivity contribution in [2.45, 2.75) is 19.1 Å². The lowest BCUT2D eigenvalue weighted by molar-refractivity contribution is 0.171. The average Bonchev–Trinajstić information content (AvgIpc) is 2.35. The minimum absolute atomic E-state index is 0.121. The molecule has 5 heteroatoms. The molecule has 1 aromatic rings. The van der Waals surface area contributed by atoms with Crippen molar-refractivity contribution >= 4 is 10.8 Å². The van der Waals surface area contributed by atoms with Crippen LogP contribution in [-0.2, 0) is 10.8 Å². The third-order valence-corrected chi connectivity index (χ3v) is 3.59. The highest BCUT2D eigenvalue weighted by atomic mass is 32.2. The van der Waals surface area contributed by atoms with Crippen LogP contribution in [-0.4, -0.2) is 41.0 Å². The molecule has 0 saturated carbocycles. The molecular weight excluding hydrogens is 250 g/mol. The summed E-state index contributed by atoms with van der Waals surface area (Å²) >= 11 is 0. The highest BCUT2D eigenvalue weighted by Gasteiger charge is 2.10. The summed E-state index contributed by atoms with van der Waals surface area (Å²) in [6.07, 6.45) is 1.09. The topological polar surface area (TPSA) is 58.6 Å². The van der Waals surface area contributed by atoms with Gasteiger partial charge in [-0.15, -0.1) is 0 Å². The number of aliphatic hydroxyl groups excluding tert-OH is 1. The first-order chi connectivity index (χ1) is 8.52. The van der Waals surface area contributed by atoms with Gasteiger partial charge in [0.15, 0.2) is 0 Å². The monoisotopic (exact) mass is 271 g/mol. The average molecular weight is 271 g/mol. The van der Waals surface area contributed by atoms with Gasteiger partial charge in [0.05, 0.1) is 13.2 Å². The van der Waals surface area contributed by atoms with Crippen LogP contribution in [0.4, 0.5) is 0 Å². The Balaban J connectivity index is 2.49. The molecule has 0 fully saturated rings. The zero-order valence-corrected chi connectivity index (χ0v) is 11.9. The summed E-state index contributed by atoms with van der Waals surface area (Å²) in [4.78, 5) is 0. The molecule has 0 aliphatic carbocycles. The molecule has 4 nitrogen and oxygen atoms in total. The number of hydrogen-bond donors (Lipinski definition) is 2. The molecule has 0 bridgehead atoms. The largest absolute Gasteiger partial charge is 0.497 e. The van der Waals surface area contributed by atoms with E-state index in [-0.39, 0.29) is 6.04 Å². The van der Waals surface area contributed by atoms with E-state index in [0.29, 0.717) is 12.3 Å². The number of hydrogen-bond acceptors (Lipinski definition) is 4. The van der Waals surface area contributed by atoms with E-state index in [2.05, 4.69) is 5.32 Å². The minimum Gasteiger partial charge on any atom is -0.497 e. The number of methoxy groups -OCH3 is 1. The van der Waals surface area contributed by atoms with Crippen molar-refractivity contribution in [3.63, 3.8) is 0 Å². The van der Waals surface area contributed by atoms with E-state index in [4.69, 9.17) is 4.74 Å². The van der Waals surface area contributed by atoms with Crippen molar-refractivity contribution in [2.24, 2.45) is 0 Å². The van der Waals surface area contributed by atoms with Crippen molar-refractivity contribution in [2.75, 3.05) is 25.7 Å². The first kappa shape index (κ1) is 15.1. The molecule has 0 saturated heterocycles. The van der Waals surface area contributed by atoms with E-state index in [1.54, 1.807) is 13.4 Å². The molecule has 2 N–H and O–H groups in total. The number of nitrogens with one attached hydrogen (secondary N) is 1. The number of aliphatic hydroxyl groups is 1. The Morgan fingerprint density at radius 1 is 1.50 bits per heavy atom.